The molecule has 0 saturated heterocycles. The standard InChI is InChI=1S/C40H22N4/c1-3-15-27-23(11-1)24-12-2-4-16-28(24)36-35(27)41-37-31-17-7-10-20-34(31)43-32-18-8-5-13-25(32)29-21-22-30-26-14-6-9-19-33(26)44(40(37)42-36)39(30)38(29)43/h1-22H. The Morgan fingerprint density at radius 1 is 0.295 bits per heavy atom. The maximum atomic E-state index is 5.65. The largest absolute Gasteiger partial charge is 0.306 e. The smallest absolute Gasteiger partial charge is 0.165 e. The Hall–Kier alpha value is -6.00. The summed E-state index contributed by atoms with van der Waals surface area (Å²) in [5.41, 5.74) is 9.39. The molecule has 0 amide bonds. The van der Waals surface area contributed by atoms with Crippen LogP contribution in [0.5, 0.6) is 0 Å². The second kappa shape index (κ2) is 7.88. The molecule has 0 aliphatic heterocycles. The first-order valence-electron chi connectivity index (χ1n) is 15.0. The zero-order chi connectivity index (χ0) is 28.5. The highest BCUT2D eigenvalue weighted by atomic mass is 15.0. The van der Waals surface area contributed by atoms with Crippen molar-refractivity contribution >= 4 is 98.3 Å². The van der Waals surface area contributed by atoms with Crippen LogP contribution in [-0.2, 0) is 0 Å². The van der Waals surface area contributed by atoms with Crippen molar-refractivity contribution in [3.8, 4) is 0 Å². The van der Waals surface area contributed by atoms with Crippen LogP contribution in [0.25, 0.3) is 98.3 Å². The van der Waals surface area contributed by atoms with E-state index in [1.165, 1.54) is 43.4 Å². The maximum absolute atomic E-state index is 5.65. The maximum Gasteiger partial charge on any atom is 0.165 e. The highest BCUT2D eigenvalue weighted by molar-refractivity contribution is 6.27. The summed E-state index contributed by atoms with van der Waals surface area (Å²) in [5.74, 6) is 0. The van der Waals surface area contributed by atoms with Crippen LogP contribution in [0.3, 0.4) is 0 Å². The summed E-state index contributed by atoms with van der Waals surface area (Å²) in [4.78, 5) is 11.3. The van der Waals surface area contributed by atoms with Gasteiger partial charge in [0.2, 0.25) is 0 Å². The van der Waals surface area contributed by atoms with E-state index in [0.717, 1.165) is 54.9 Å². The molecule has 0 atom stereocenters. The molecule has 44 heavy (non-hydrogen) atoms. The van der Waals surface area contributed by atoms with Crippen LogP contribution in [0.2, 0.25) is 0 Å². The minimum absolute atomic E-state index is 0.862. The number of fused-ring (bicyclic) bond motifs is 17. The first kappa shape index (κ1) is 22.6. The van der Waals surface area contributed by atoms with Gasteiger partial charge >= 0.3 is 0 Å². The minimum atomic E-state index is 0.862. The second-order valence-electron chi connectivity index (χ2n) is 11.8. The lowest BCUT2D eigenvalue weighted by atomic mass is 9.99. The molecule has 4 aromatic heterocycles. The Kier molecular flexibility index (Phi) is 4.04. The lowest BCUT2D eigenvalue weighted by Crippen LogP contribution is -1.99. The third-order valence-corrected chi connectivity index (χ3v) is 9.61. The first-order valence-corrected chi connectivity index (χ1v) is 15.0. The van der Waals surface area contributed by atoms with Crippen LogP contribution in [0.15, 0.2) is 133 Å². The van der Waals surface area contributed by atoms with Gasteiger partial charge in [0.25, 0.3) is 0 Å². The van der Waals surface area contributed by atoms with E-state index in [0.29, 0.717) is 0 Å². The van der Waals surface area contributed by atoms with Crippen molar-refractivity contribution in [3.63, 3.8) is 0 Å². The molecule has 11 aromatic rings. The Morgan fingerprint density at radius 3 is 1.30 bits per heavy atom. The molecule has 0 radical (unpaired) electrons. The van der Waals surface area contributed by atoms with Gasteiger partial charge in [-0.25, -0.2) is 9.97 Å². The number of nitrogens with zero attached hydrogens (tertiary/aromatic N) is 4. The van der Waals surface area contributed by atoms with Crippen LogP contribution >= 0.6 is 0 Å². The van der Waals surface area contributed by atoms with Gasteiger partial charge in [0.15, 0.2) is 5.65 Å². The van der Waals surface area contributed by atoms with E-state index in [9.17, 15) is 0 Å². The molecule has 0 N–H and O–H groups in total. The van der Waals surface area contributed by atoms with Crippen molar-refractivity contribution in [2.45, 2.75) is 0 Å². The van der Waals surface area contributed by atoms with Crippen LogP contribution in [0.4, 0.5) is 0 Å². The van der Waals surface area contributed by atoms with Gasteiger partial charge in [-0.1, -0.05) is 115 Å². The molecule has 0 fully saturated rings. The molecule has 4 heteroatoms. The van der Waals surface area contributed by atoms with Gasteiger partial charge in [-0.05, 0) is 29.0 Å². The van der Waals surface area contributed by atoms with Gasteiger partial charge in [0, 0.05) is 37.7 Å². The molecule has 0 aliphatic carbocycles. The van der Waals surface area contributed by atoms with Gasteiger partial charge in [0.1, 0.15) is 5.52 Å². The molecule has 0 spiro atoms. The van der Waals surface area contributed by atoms with Crippen molar-refractivity contribution in [2.24, 2.45) is 0 Å². The van der Waals surface area contributed by atoms with Gasteiger partial charge in [0.05, 0.1) is 38.6 Å². The number of hydrogen-bond donors (Lipinski definition) is 0. The highest BCUT2D eigenvalue weighted by Crippen LogP contribution is 2.42. The monoisotopic (exact) mass is 558 g/mol. The number of para-hydroxylation sites is 3. The zero-order valence-corrected chi connectivity index (χ0v) is 23.5. The molecule has 0 aliphatic rings. The fourth-order valence-corrected chi connectivity index (χ4v) is 7.83. The quantitative estimate of drug-likeness (QED) is 0.174. The molecular formula is C40H22N4. The SMILES string of the molecule is c1ccc2c(c1)c1ccccc1c1nc3c(nc21)c1ccccc1n1c2ccccc2c2ccc4c5ccccc5n3c4c21. The number of benzene rings is 7. The van der Waals surface area contributed by atoms with Crippen molar-refractivity contribution < 1.29 is 0 Å². The average molecular weight is 559 g/mol. The third kappa shape index (κ3) is 2.61. The summed E-state index contributed by atoms with van der Waals surface area (Å²) in [6, 6.07) is 47.9. The number of aromatic nitrogens is 4. The number of rotatable bonds is 0. The van der Waals surface area contributed by atoms with Crippen LogP contribution in [0, 0.1) is 0 Å². The fraction of sp³-hybridized carbons (Fsp3) is 0. The van der Waals surface area contributed by atoms with Crippen LogP contribution in [0.1, 0.15) is 0 Å². The molecule has 4 nitrogen and oxygen atoms in total. The van der Waals surface area contributed by atoms with Crippen LogP contribution < -0.4 is 0 Å². The normalized spacial score (nSPS) is 12.5. The lowest BCUT2D eigenvalue weighted by Gasteiger charge is -2.13. The molecule has 202 valence electrons. The average Bonchev–Trinajstić information content (AvgIpc) is 3.60. The van der Waals surface area contributed by atoms with Crippen molar-refractivity contribution in [2.75, 3.05) is 0 Å². The number of hydrogen-bond acceptors (Lipinski definition) is 2. The first-order chi connectivity index (χ1) is 21.9. The molecule has 0 bridgehead atoms. The zero-order valence-electron chi connectivity index (χ0n) is 23.5. The molecule has 0 saturated carbocycles. The van der Waals surface area contributed by atoms with E-state index in [2.05, 4.69) is 142 Å². The van der Waals surface area contributed by atoms with E-state index in [1.807, 2.05) is 0 Å². The summed E-state index contributed by atoms with van der Waals surface area (Å²) in [6.07, 6.45) is 0. The van der Waals surface area contributed by atoms with Gasteiger partial charge < -0.3 is 4.40 Å². The summed E-state index contributed by atoms with van der Waals surface area (Å²) in [6.45, 7) is 0. The Morgan fingerprint density at radius 2 is 0.705 bits per heavy atom. The minimum Gasteiger partial charge on any atom is -0.306 e. The topological polar surface area (TPSA) is 34.6 Å². The van der Waals surface area contributed by atoms with Gasteiger partial charge in [-0.15, -0.1) is 0 Å². The van der Waals surface area contributed by atoms with Crippen molar-refractivity contribution in [1.29, 1.82) is 0 Å². The van der Waals surface area contributed by atoms with Crippen molar-refractivity contribution in [1.82, 2.24) is 18.8 Å². The molecule has 7 aromatic carbocycles. The molecular weight excluding hydrogens is 536 g/mol. The van der Waals surface area contributed by atoms with Crippen LogP contribution in [-0.4, -0.2) is 18.8 Å². The van der Waals surface area contributed by atoms with E-state index < -0.39 is 0 Å². The van der Waals surface area contributed by atoms with Gasteiger partial charge in [-0.3, -0.25) is 4.40 Å². The van der Waals surface area contributed by atoms with E-state index in [-0.39, 0.29) is 0 Å². The third-order valence-electron chi connectivity index (χ3n) is 9.61. The summed E-state index contributed by atoms with van der Waals surface area (Å²) < 4.78 is 4.83. The lowest BCUT2D eigenvalue weighted by molar-refractivity contribution is 1.24. The molecule has 11 rings (SSSR count). The highest BCUT2D eigenvalue weighted by Gasteiger charge is 2.22. The summed E-state index contributed by atoms with van der Waals surface area (Å²) in [7, 11) is 0. The predicted molar refractivity (Wildman–Crippen MR) is 184 cm³/mol. The summed E-state index contributed by atoms with van der Waals surface area (Å²) in [5, 5.41) is 10.6. The summed E-state index contributed by atoms with van der Waals surface area (Å²) >= 11 is 0. The molecule has 0 unspecified atom stereocenters. The van der Waals surface area contributed by atoms with Crippen molar-refractivity contribution in [3.05, 3.63) is 133 Å². The van der Waals surface area contributed by atoms with E-state index in [1.54, 1.807) is 0 Å². The van der Waals surface area contributed by atoms with E-state index >= 15 is 0 Å². The Bertz CT molecular complexity index is 3050. The second-order valence-corrected chi connectivity index (χ2v) is 11.8. The Labute approximate surface area is 250 Å². The Balaban J connectivity index is 1.58. The molecule has 4 heterocycles. The predicted octanol–water partition coefficient (Wildman–Crippen LogP) is 10.2. The fourth-order valence-electron chi connectivity index (χ4n) is 7.83. The van der Waals surface area contributed by atoms with E-state index in [4.69, 9.17) is 9.97 Å². The van der Waals surface area contributed by atoms with Gasteiger partial charge in [-0.2, -0.15) is 0 Å².